The molecule has 0 saturated carbocycles. The van der Waals surface area contributed by atoms with Gasteiger partial charge < -0.3 is 19.5 Å². The van der Waals surface area contributed by atoms with Crippen molar-refractivity contribution in [1.29, 1.82) is 0 Å². The van der Waals surface area contributed by atoms with Crippen molar-refractivity contribution in [3.05, 3.63) is 23.3 Å². The van der Waals surface area contributed by atoms with Crippen molar-refractivity contribution in [2.24, 2.45) is 0 Å². The van der Waals surface area contributed by atoms with Crippen LogP contribution in [0, 0.1) is 0 Å². The predicted octanol–water partition coefficient (Wildman–Crippen LogP) is 1.25. The molecule has 0 bridgehead atoms. The van der Waals surface area contributed by atoms with Crippen molar-refractivity contribution >= 4 is 0 Å². The molecule has 0 aromatic heterocycles. The zero-order valence-electron chi connectivity index (χ0n) is 9.29. The molecule has 0 unspecified atom stereocenters. The predicted molar refractivity (Wildman–Crippen MR) is 58.9 cm³/mol. The average molecular weight is 221 g/mol. The van der Waals surface area contributed by atoms with Gasteiger partial charge >= 0.3 is 0 Å². The van der Waals surface area contributed by atoms with E-state index in [2.05, 4.69) is 11.4 Å². The minimum atomic E-state index is 0.0744. The SMILES string of the molecule is CNC[C@@H]1OCCc2ccc3c(c21)OCO3. The van der Waals surface area contributed by atoms with Gasteiger partial charge in [-0.25, -0.2) is 0 Å². The van der Waals surface area contributed by atoms with Crippen molar-refractivity contribution in [1.82, 2.24) is 5.32 Å². The average Bonchev–Trinajstić information content (AvgIpc) is 2.77. The second-order valence-electron chi connectivity index (χ2n) is 4.04. The van der Waals surface area contributed by atoms with Crippen LogP contribution in [0.25, 0.3) is 0 Å². The number of likely N-dealkylation sites (N-methyl/N-ethyl adjacent to an activating group) is 1. The van der Waals surface area contributed by atoms with Crippen LogP contribution in [-0.4, -0.2) is 27.0 Å². The van der Waals surface area contributed by atoms with Crippen LogP contribution in [0.15, 0.2) is 12.1 Å². The van der Waals surface area contributed by atoms with E-state index in [4.69, 9.17) is 14.2 Å². The number of ether oxygens (including phenoxy) is 3. The highest BCUT2D eigenvalue weighted by molar-refractivity contribution is 5.54. The van der Waals surface area contributed by atoms with Gasteiger partial charge in [-0.3, -0.25) is 0 Å². The molecule has 3 rings (SSSR count). The van der Waals surface area contributed by atoms with Crippen LogP contribution in [0.3, 0.4) is 0 Å². The second kappa shape index (κ2) is 3.96. The van der Waals surface area contributed by atoms with Crippen LogP contribution >= 0.6 is 0 Å². The normalized spacial score (nSPS) is 21.9. The number of nitrogens with one attached hydrogen (secondary N) is 1. The van der Waals surface area contributed by atoms with Crippen LogP contribution in [0.2, 0.25) is 0 Å². The molecule has 16 heavy (non-hydrogen) atoms. The second-order valence-corrected chi connectivity index (χ2v) is 4.04. The summed E-state index contributed by atoms with van der Waals surface area (Å²) in [6, 6.07) is 4.11. The smallest absolute Gasteiger partial charge is 0.231 e. The Balaban J connectivity index is 2.06. The van der Waals surface area contributed by atoms with Gasteiger partial charge in [0.15, 0.2) is 11.5 Å². The summed E-state index contributed by atoms with van der Waals surface area (Å²) in [5.74, 6) is 1.71. The third kappa shape index (κ3) is 1.45. The Morgan fingerprint density at radius 1 is 1.38 bits per heavy atom. The molecule has 0 saturated heterocycles. The van der Waals surface area contributed by atoms with Gasteiger partial charge in [-0.2, -0.15) is 0 Å². The Bertz CT molecular complexity index is 405. The first-order chi connectivity index (χ1) is 7.90. The van der Waals surface area contributed by atoms with Gasteiger partial charge in [-0.15, -0.1) is 0 Å². The Morgan fingerprint density at radius 2 is 2.31 bits per heavy atom. The lowest BCUT2D eigenvalue weighted by atomic mass is 9.96. The van der Waals surface area contributed by atoms with Gasteiger partial charge in [0.05, 0.1) is 12.7 Å². The van der Waals surface area contributed by atoms with E-state index in [1.54, 1.807) is 0 Å². The molecule has 0 amide bonds. The molecule has 1 aromatic rings. The Morgan fingerprint density at radius 3 is 3.19 bits per heavy atom. The number of benzene rings is 1. The van der Waals surface area contributed by atoms with E-state index in [1.165, 1.54) is 5.56 Å². The summed E-state index contributed by atoms with van der Waals surface area (Å²) in [4.78, 5) is 0. The number of rotatable bonds is 2. The van der Waals surface area contributed by atoms with E-state index in [0.717, 1.165) is 36.6 Å². The van der Waals surface area contributed by atoms with Gasteiger partial charge in [0.1, 0.15) is 0 Å². The fraction of sp³-hybridized carbons (Fsp3) is 0.500. The van der Waals surface area contributed by atoms with E-state index in [0.29, 0.717) is 6.79 Å². The van der Waals surface area contributed by atoms with E-state index in [1.807, 2.05) is 13.1 Å². The van der Waals surface area contributed by atoms with Crippen LogP contribution in [-0.2, 0) is 11.2 Å². The monoisotopic (exact) mass is 221 g/mol. The lowest BCUT2D eigenvalue weighted by Crippen LogP contribution is -2.25. The maximum absolute atomic E-state index is 5.77. The third-order valence-electron chi connectivity index (χ3n) is 3.07. The third-order valence-corrected chi connectivity index (χ3v) is 3.07. The quantitative estimate of drug-likeness (QED) is 0.816. The summed E-state index contributed by atoms with van der Waals surface area (Å²) in [5, 5.41) is 3.15. The number of fused-ring (bicyclic) bond motifs is 3. The van der Waals surface area contributed by atoms with Gasteiger partial charge in [-0.05, 0) is 25.1 Å². The van der Waals surface area contributed by atoms with Crippen molar-refractivity contribution in [3.63, 3.8) is 0 Å². The number of hydrogen-bond acceptors (Lipinski definition) is 4. The summed E-state index contributed by atoms with van der Waals surface area (Å²) in [5.41, 5.74) is 2.48. The summed E-state index contributed by atoms with van der Waals surface area (Å²) in [7, 11) is 1.93. The van der Waals surface area contributed by atoms with Crippen LogP contribution < -0.4 is 14.8 Å². The first kappa shape index (κ1) is 9.93. The first-order valence-corrected chi connectivity index (χ1v) is 5.57. The zero-order chi connectivity index (χ0) is 11.0. The topological polar surface area (TPSA) is 39.7 Å². The van der Waals surface area contributed by atoms with Crippen molar-refractivity contribution in [2.75, 3.05) is 27.0 Å². The van der Waals surface area contributed by atoms with Crippen LogP contribution in [0.1, 0.15) is 17.2 Å². The van der Waals surface area contributed by atoms with Gasteiger partial charge in [0, 0.05) is 12.1 Å². The van der Waals surface area contributed by atoms with E-state index in [-0.39, 0.29) is 6.10 Å². The lowest BCUT2D eigenvalue weighted by Gasteiger charge is -2.26. The van der Waals surface area contributed by atoms with E-state index >= 15 is 0 Å². The minimum absolute atomic E-state index is 0.0744. The molecule has 2 heterocycles. The fourth-order valence-corrected chi connectivity index (χ4v) is 2.35. The molecule has 1 N–H and O–H groups in total. The molecular formula is C12H15NO3. The van der Waals surface area contributed by atoms with E-state index < -0.39 is 0 Å². The Hall–Kier alpha value is -1.26. The Kier molecular flexibility index (Phi) is 2.46. The maximum atomic E-state index is 5.77. The highest BCUT2D eigenvalue weighted by atomic mass is 16.7. The molecule has 0 aliphatic carbocycles. The molecular weight excluding hydrogens is 206 g/mol. The fourth-order valence-electron chi connectivity index (χ4n) is 2.35. The summed E-state index contributed by atoms with van der Waals surface area (Å²) < 4.78 is 16.7. The van der Waals surface area contributed by atoms with Gasteiger partial charge in [-0.1, -0.05) is 6.07 Å². The minimum Gasteiger partial charge on any atom is -0.454 e. The summed E-state index contributed by atoms with van der Waals surface area (Å²) in [6.45, 7) is 1.89. The van der Waals surface area contributed by atoms with Crippen LogP contribution in [0.4, 0.5) is 0 Å². The molecule has 0 spiro atoms. The molecule has 1 aromatic carbocycles. The molecule has 0 radical (unpaired) electrons. The highest BCUT2D eigenvalue weighted by Gasteiger charge is 2.29. The molecule has 1 atom stereocenters. The van der Waals surface area contributed by atoms with Gasteiger partial charge in [0.25, 0.3) is 0 Å². The zero-order valence-corrected chi connectivity index (χ0v) is 9.29. The lowest BCUT2D eigenvalue weighted by molar-refractivity contribution is 0.0415. The summed E-state index contributed by atoms with van der Waals surface area (Å²) >= 11 is 0. The molecule has 4 heteroatoms. The van der Waals surface area contributed by atoms with Crippen molar-refractivity contribution < 1.29 is 14.2 Å². The molecule has 0 fully saturated rings. The number of hydrogen-bond donors (Lipinski definition) is 1. The van der Waals surface area contributed by atoms with Crippen molar-refractivity contribution in [3.8, 4) is 11.5 Å². The molecule has 86 valence electrons. The van der Waals surface area contributed by atoms with E-state index in [9.17, 15) is 0 Å². The largest absolute Gasteiger partial charge is 0.454 e. The molecule has 2 aliphatic rings. The standard InChI is InChI=1S/C12H15NO3/c1-13-6-10-11-8(4-5-14-10)2-3-9-12(11)16-7-15-9/h2-3,10,13H,4-7H2,1H3/t10-/m0/s1. The summed E-state index contributed by atoms with van der Waals surface area (Å²) in [6.07, 6.45) is 1.03. The van der Waals surface area contributed by atoms with Gasteiger partial charge in [0.2, 0.25) is 6.79 Å². The van der Waals surface area contributed by atoms with Crippen molar-refractivity contribution in [2.45, 2.75) is 12.5 Å². The van der Waals surface area contributed by atoms with Crippen LogP contribution in [0.5, 0.6) is 11.5 Å². The molecule has 2 aliphatic heterocycles. The first-order valence-electron chi connectivity index (χ1n) is 5.57. The Labute approximate surface area is 94.5 Å². The maximum Gasteiger partial charge on any atom is 0.231 e. The highest BCUT2D eigenvalue weighted by Crippen LogP contribution is 2.43. The molecule has 4 nitrogen and oxygen atoms in total.